The molecule has 6 heteroatoms. The number of aromatic nitrogens is 3. The van der Waals surface area contributed by atoms with Crippen molar-refractivity contribution in [2.24, 2.45) is 11.8 Å². The molecule has 2 aromatic heterocycles. The minimum absolute atomic E-state index is 0.124. The zero-order valence-electron chi connectivity index (χ0n) is 14.1. The van der Waals surface area contributed by atoms with Gasteiger partial charge >= 0.3 is 0 Å². The van der Waals surface area contributed by atoms with Gasteiger partial charge in [0.2, 0.25) is 5.91 Å². The number of nitrogens with one attached hydrogen (secondary N) is 2. The molecule has 0 saturated carbocycles. The van der Waals surface area contributed by atoms with Crippen molar-refractivity contribution in [1.29, 1.82) is 0 Å². The summed E-state index contributed by atoms with van der Waals surface area (Å²) in [7, 11) is 0. The number of rotatable bonds is 6. The molecule has 1 amide bonds. The van der Waals surface area contributed by atoms with Gasteiger partial charge in [-0.1, -0.05) is 6.92 Å². The summed E-state index contributed by atoms with van der Waals surface area (Å²) in [5.74, 6) is 1.97. The fourth-order valence-corrected chi connectivity index (χ4v) is 3.25. The van der Waals surface area contributed by atoms with E-state index >= 15 is 0 Å². The Morgan fingerprint density at radius 3 is 3.00 bits per heavy atom. The zero-order chi connectivity index (χ0) is 16.8. The highest BCUT2D eigenvalue weighted by atomic mass is 16.1. The van der Waals surface area contributed by atoms with Gasteiger partial charge in [0.25, 0.3) is 0 Å². The van der Waals surface area contributed by atoms with Gasteiger partial charge in [-0.3, -0.25) is 4.79 Å². The van der Waals surface area contributed by atoms with Crippen molar-refractivity contribution in [3.63, 3.8) is 0 Å². The zero-order valence-corrected chi connectivity index (χ0v) is 14.1. The van der Waals surface area contributed by atoms with Gasteiger partial charge in [0.1, 0.15) is 0 Å². The third kappa shape index (κ3) is 4.41. The molecule has 0 radical (unpaired) electrons. The summed E-state index contributed by atoms with van der Waals surface area (Å²) >= 11 is 0. The van der Waals surface area contributed by atoms with Crippen LogP contribution in [0.2, 0.25) is 0 Å². The van der Waals surface area contributed by atoms with Crippen molar-refractivity contribution >= 4 is 5.91 Å². The Hall–Kier alpha value is -2.21. The number of pyridine rings is 1. The van der Waals surface area contributed by atoms with Crippen LogP contribution in [0, 0.1) is 11.8 Å². The Kier molecular flexibility index (Phi) is 5.59. The number of amides is 1. The van der Waals surface area contributed by atoms with Crippen LogP contribution in [0.15, 0.2) is 36.8 Å². The van der Waals surface area contributed by atoms with Crippen molar-refractivity contribution in [3.05, 3.63) is 42.4 Å². The first-order chi connectivity index (χ1) is 11.7. The van der Waals surface area contributed by atoms with E-state index in [9.17, 15) is 4.79 Å². The summed E-state index contributed by atoms with van der Waals surface area (Å²) in [5, 5.41) is 10.6. The molecule has 3 heterocycles. The molecule has 1 atom stereocenters. The molecule has 0 bridgehead atoms. The maximum Gasteiger partial charge on any atom is 0.220 e. The lowest BCUT2D eigenvalue weighted by atomic mass is 9.84. The van der Waals surface area contributed by atoms with Gasteiger partial charge in [-0.05, 0) is 61.5 Å². The smallest absolute Gasteiger partial charge is 0.220 e. The van der Waals surface area contributed by atoms with E-state index in [0.717, 1.165) is 24.5 Å². The third-order valence-corrected chi connectivity index (χ3v) is 4.73. The van der Waals surface area contributed by atoms with Gasteiger partial charge in [0.05, 0.1) is 0 Å². The van der Waals surface area contributed by atoms with Gasteiger partial charge in [0.15, 0.2) is 5.82 Å². The van der Waals surface area contributed by atoms with E-state index in [4.69, 9.17) is 0 Å². The van der Waals surface area contributed by atoms with Crippen LogP contribution in [0.25, 0.3) is 5.82 Å². The first kappa shape index (κ1) is 16.6. The van der Waals surface area contributed by atoms with Gasteiger partial charge in [-0.25, -0.2) is 9.67 Å². The number of carbonyl (C=O) groups excluding carboxylic acids is 1. The van der Waals surface area contributed by atoms with Gasteiger partial charge < -0.3 is 10.6 Å². The maximum atomic E-state index is 12.2. The van der Waals surface area contributed by atoms with Gasteiger partial charge in [-0.15, -0.1) is 0 Å². The summed E-state index contributed by atoms with van der Waals surface area (Å²) in [5.41, 5.74) is 1.03. The van der Waals surface area contributed by atoms with Crippen molar-refractivity contribution in [2.75, 3.05) is 13.1 Å². The molecular weight excluding hydrogens is 302 g/mol. The second-order valence-corrected chi connectivity index (χ2v) is 6.52. The number of carbonyl (C=O) groups is 1. The summed E-state index contributed by atoms with van der Waals surface area (Å²) in [4.78, 5) is 16.5. The monoisotopic (exact) mass is 327 g/mol. The van der Waals surface area contributed by atoms with E-state index in [2.05, 4.69) is 27.6 Å². The average Bonchev–Trinajstić information content (AvgIpc) is 3.16. The van der Waals surface area contributed by atoms with Crippen LogP contribution in [0.3, 0.4) is 0 Å². The highest BCUT2D eigenvalue weighted by Gasteiger charge is 2.21. The fraction of sp³-hybridized carbons (Fsp3) is 0.500. The van der Waals surface area contributed by atoms with Crippen LogP contribution >= 0.6 is 0 Å². The first-order valence-corrected chi connectivity index (χ1v) is 8.65. The summed E-state index contributed by atoms with van der Waals surface area (Å²) < 4.78 is 1.71. The Balaban J connectivity index is 1.50. The van der Waals surface area contributed by atoms with Gasteiger partial charge in [-0.2, -0.15) is 5.10 Å². The standard InChI is InChI=1S/C18H25N5O/c1-14(16-4-7-19-8-5-16)11-18(24)21-13-15-3-9-20-17(12-15)23-10-2-6-22-23/h2-3,6,9-10,12,14,16,19H,4-5,7-8,11,13H2,1H3,(H,21,24). The molecule has 1 saturated heterocycles. The molecule has 0 spiro atoms. The quantitative estimate of drug-likeness (QED) is 0.850. The van der Waals surface area contributed by atoms with E-state index in [-0.39, 0.29) is 5.91 Å². The first-order valence-electron chi connectivity index (χ1n) is 8.65. The van der Waals surface area contributed by atoms with Crippen LogP contribution in [0.4, 0.5) is 0 Å². The number of piperidine rings is 1. The number of hydrogen-bond acceptors (Lipinski definition) is 4. The lowest BCUT2D eigenvalue weighted by Crippen LogP contribution is -2.33. The molecule has 0 aromatic carbocycles. The highest BCUT2D eigenvalue weighted by molar-refractivity contribution is 5.76. The molecule has 2 N–H and O–H groups in total. The second-order valence-electron chi connectivity index (χ2n) is 6.52. The van der Waals surface area contributed by atoms with E-state index in [0.29, 0.717) is 24.8 Å². The molecule has 1 unspecified atom stereocenters. The minimum Gasteiger partial charge on any atom is -0.352 e. The second kappa shape index (κ2) is 8.06. The molecule has 2 aromatic rings. The molecule has 1 aliphatic heterocycles. The largest absolute Gasteiger partial charge is 0.352 e. The summed E-state index contributed by atoms with van der Waals surface area (Å²) in [6, 6.07) is 5.73. The van der Waals surface area contributed by atoms with Crippen LogP contribution in [-0.2, 0) is 11.3 Å². The Bertz CT molecular complexity index is 649. The summed E-state index contributed by atoms with van der Waals surface area (Å²) in [6.45, 7) is 4.86. The van der Waals surface area contributed by atoms with Crippen LogP contribution in [0.1, 0.15) is 31.7 Å². The predicted molar refractivity (Wildman–Crippen MR) is 92.6 cm³/mol. The number of nitrogens with zero attached hydrogens (tertiary/aromatic N) is 3. The topological polar surface area (TPSA) is 71.8 Å². The Labute approximate surface area is 142 Å². The molecular formula is C18H25N5O. The van der Waals surface area contributed by atoms with Crippen molar-refractivity contribution in [3.8, 4) is 5.82 Å². The molecule has 128 valence electrons. The average molecular weight is 327 g/mol. The molecule has 24 heavy (non-hydrogen) atoms. The van der Waals surface area contributed by atoms with E-state index in [1.807, 2.05) is 24.4 Å². The van der Waals surface area contributed by atoms with E-state index < -0.39 is 0 Å². The lowest BCUT2D eigenvalue weighted by molar-refractivity contribution is -0.122. The van der Waals surface area contributed by atoms with Crippen molar-refractivity contribution < 1.29 is 4.79 Å². The molecule has 6 nitrogen and oxygen atoms in total. The van der Waals surface area contributed by atoms with E-state index in [1.54, 1.807) is 17.1 Å². The van der Waals surface area contributed by atoms with Crippen molar-refractivity contribution in [1.82, 2.24) is 25.4 Å². The van der Waals surface area contributed by atoms with Crippen LogP contribution < -0.4 is 10.6 Å². The van der Waals surface area contributed by atoms with E-state index in [1.165, 1.54) is 12.8 Å². The van der Waals surface area contributed by atoms with Crippen LogP contribution in [0.5, 0.6) is 0 Å². The van der Waals surface area contributed by atoms with Crippen LogP contribution in [-0.4, -0.2) is 33.8 Å². The Morgan fingerprint density at radius 1 is 1.42 bits per heavy atom. The molecule has 3 rings (SSSR count). The molecule has 1 fully saturated rings. The maximum absolute atomic E-state index is 12.2. The normalized spacial score (nSPS) is 16.7. The predicted octanol–water partition coefficient (Wildman–Crippen LogP) is 1.91. The van der Waals surface area contributed by atoms with Gasteiger partial charge in [0, 0.05) is 31.6 Å². The SMILES string of the molecule is CC(CC(=O)NCc1ccnc(-n2cccn2)c1)C1CCNCC1. The summed E-state index contributed by atoms with van der Waals surface area (Å²) in [6.07, 6.45) is 8.26. The third-order valence-electron chi connectivity index (χ3n) is 4.73. The Morgan fingerprint density at radius 2 is 2.25 bits per heavy atom. The number of hydrogen-bond donors (Lipinski definition) is 2. The lowest BCUT2D eigenvalue weighted by Gasteiger charge is -2.27. The van der Waals surface area contributed by atoms with Crippen molar-refractivity contribution in [2.45, 2.75) is 32.7 Å². The fourth-order valence-electron chi connectivity index (χ4n) is 3.25. The molecule has 0 aliphatic carbocycles. The highest BCUT2D eigenvalue weighted by Crippen LogP contribution is 2.24. The molecule has 1 aliphatic rings. The minimum atomic E-state index is 0.124.